The summed E-state index contributed by atoms with van der Waals surface area (Å²) in [5.41, 5.74) is 1.96. The third kappa shape index (κ3) is 5.24. The molecule has 0 aliphatic carbocycles. The number of nitrogens with one attached hydrogen (secondary N) is 1. The summed E-state index contributed by atoms with van der Waals surface area (Å²) in [4.78, 5) is 12.4. The van der Waals surface area contributed by atoms with Crippen LogP contribution >= 0.6 is 0 Å². The molecule has 2 aromatic carbocycles. The van der Waals surface area contributed by atoms with Gasteiger partial charge in [0.25, 0.3) is 0 Å². The van der Waals surface area contributed by atoms with Crippen molar-refractivity contribution in [1.29, 1.82) is 0 Å². The zero-order valence-electron chi connectivity index (χ0n) is 18.7. The summed E-state index contributed by atoms with van der Waals surface area (Å²) in [5, 5.41) is 2.94. The predicted octanol–water partition coefficient (Wildman–Crippen LogP) is 3.63. The Bertz CT molecular complexity index is 851. The first kappa shape index (κ1) is 22.4. The van der Waals surface area contributed by atoms with Crippen molar-refractivity contribution in [3.8, 4) is 5.75 Å². The van der Waals surface area contributed by atoms with Crippen LogP contribution in [-0.2, 0) is 27.1 Å². The van der Waals surface area contributed by atoms with Crippen molar-refractivity contribution in [3.63, 3.8) is 0 Å². The van der Waals surface area contributed by atoms with Gasteiger partial charge in [0.05, 0.1) is 17.6 Å². The SMILES string of the molecule is CCCNC(=O)Cc1cc(B2OC(C)(C)C(C)(C)O2)ccc1OCc1ccccc1. The molecule has 1 saturated heterocycles. The summed E-state index contributed by atoms with van der Waals surface area (Å²) in [6, 6.07) is 15.8. The maximum absolute atomic E-state index is 12.4. The van der Waals surface area contributed by atoms with Gasteiger partial charge in [0.15, 0.2) is 0 Å². The Balaban J connectivity index is 1.82. The summed E-state index contributed by atoms with van der Waals surface area (Å²) in [7, 11) is -0.476. The molecule has 0 aromatic heterocycles. The van der Waals surface area contributed by atoms with Crippen LogP contribution < -0.4 is 15.5 Å². The van der Waals surface area contributed by atoms with Crippen molar-refractivity contribution >= 4 is 18.5 Å². The minimum atomic E-state index is -0.476. The molecular formula is C24H32BNO4. The largest absolute Gasteiger partial charge is 0.494 e. The van der Waals surface area contributed by atoms with Gasteiger partial charge in [-0.05, 0) is 51.2 Å². The molecule has 0 bridgehead atoms. The van der Waals surface area contributed by atoms with Gasteiger partial charge in [-0.15, -0.1) is 0 Å². The molecule has 6 heteroatoms. The molecule has 30 heavy (non-hydrogen) atoms. The first-order valence-corrected chi connectivity index (χ1v) is 10.6. The normalized spacial score (nSPS) is 17.0. The van der Waals surface area contributed by atoms with Crippen LogP contribution in [0.1, 0.15) is 52.2 Å². The van der Waals surface area contributed by atoms with E-state index < -0.39 is 18.3 Å². The van der Waals surface area contributed by atoms with Gasteiger partial charge in [-0.25, -0.2) is 0 Å². The molecule has 0 saturated carbocycles. The zero-order valence-corrected chi connectivity index (χ0v) is 18.7. The van der Waals surface area contributed by atoms with E-state index in [4.69, 9.17) is 14.0 Å². The fourth-order valence-electron chi connectivity index (χ4n) is 3.24. The molecule has 0 unspecified atom stereocenters. The summed E-state index contributed by atoms with van der Waals surface area (Å²) in [6.45, 7) is 11.3. The maximum atomic E-state index is 12.4. The van der Waals surface area contributed by atoms with Gasteiger partial charge in [-0.1, -0.05) is 49.4 Å². The average molecular weight is 409 g/mol. The highest BCUT2D eigenvalue weighted by Gasteiger charge is 2.51. The molecule has 0 radical (unpaired) electrons. The van der Waals surface area contributed by atoms with Gasteiger partial charge >= 0.3 is 7.12 Å². The molecule has 1 aliphatic rings. The second-order valence-corrected chi connectivity index (χ2v) is 8.76. The van der Waals surface area contributed by atoms with Crippen LogP contribution in [0.3, 0.4) is 0 Å². The fourth-order valence-corrected chi connectivity index (χ4v) is 3.24. The van der Waals surface area contributed by atoms with Gasteiger partial charge in [0, 0.05) is 12.1 Å². The zero-order chi connectivity index (χ0) is 21.8. The van der Waals surface area contributed by atoms with E-state index >= 15 is 0 Å². The van der Waals surface area contributed by atoms with Gasteiger partial charge in [0.1, 0.15) is 12.4 Å². The first-order chi connectivity index (χ1) is 14.2. The predicted molar refractivity (Wildman–Crippen MR) is 120 cm³/mol. The Labute approximate surface area is 180 Å². The molecule has 1 heterocycles. The van der Waals surface area contributed by atoms with E-state index in [0.717, 1.165) is 23.0 Å². The summed E-state index contributed by atoms with van der Waals surface area (Å²) in [5.74, 6) is 0.679. The minimum absolute atomic E-state index is 0.0209. The summed E-state index contributed by atoms with van der Waals surface area (Å²) < 4.78 is 18.4. The van der Waals surface area contributed by atoms with Gasteiger partial charge in [0.2, 0.25) is 5.91 Å². The lowest BCUT2D eigenvalue weighted by Crippen LogP contribution is -2.41. The third-order valence-corrected chi connectivity index (χ3v) is 5.77. The van der Waals surface area contributed by atoms with Crippen molar-refractivity contribution in [3.05, 3.63) is 59.7 Å². The van der Waals surface area contributed by atoms with E-state index in [0.29, 0.717) is 18.9 Å². The van der Waals surface area contributed by atoms with Crippen LogP contribution in [-0.4, -0.2) is 30.8 Å². The van der Waals surface area contributed by atoms with Crippen molar-refractivity contribution in [2.45, 2.75) is 65.3 Å². The fraction of sp³-hybridized carbons (Fsp3) is 0.458. The molecule has 3 rings (SSSR count). The van der Waals surface area contributed by atoms with Gasteiger partial charge in [-0.2, -0.15) is 0 Å². The van der Waals surface area contributed by atoms with Crippen LogP contribution in [0, 0.1) is 0 Å². The molecule has 5 nitrogen and oxygen atoms in total. The van der Waals surface area contributed by atoms with E-state index in [1.54, 1.807) is 0 Å². The number of ether oxygens (including phenoxy) is 1. The van der Waals surface area contributed by atoms with E-state index in [1.165, 1.54) is 0 Å². The molecule has 1 fully saturated rings. The standard InChI is InChI=1S/C24H32BNO4/c1-6-14-26-22(27)16-19-15-20(25-29-23(2,3)24(4,5)30-25)12-13-21(19)28-17-18-10-8-7-9-11-18/h7-13,15H,6,14,16-17H2,1-5H3,(H,26,27). The van der Waals surface area contributed by atoms with Crippen LogP contribution in [0.2, 0.25) is 0 Å². The Morgan fingerprint density at radius 1 is 1.03 bits per heavy atom. The molecule has 1 amide bonds. The maximum Gasteiger partial charge on any atom is 0.494 e. The molecule has 1 aliphatic heterocycles. The second-order valence-electron chi connectivity index (χ2n) is 8.76. The quantitative estimate of drug-likeness (QED) is 0.677. The number of benzene rings is 2. The smallest absolute Gasteiger partial charge is 0.489 e. The number of carbonyl (C=O) groups excluding carboxylic acids is 1. The van der Waals surface area contributed by atoms with Crippen LogP contribution in [0.5, 0.6) is 5.75 Å². The molecule has 0 spiro atoms. The Hall–Kier alpha value is -2.31. The van der Waals surface area contributed by atoms with Gasteiger partial charge in [-0.3, -0.25) is 4.79 Å². The third-order valence-electron chi connectivity index (χ3n) is 5.77. The summed E-state index contributed by atoms with van der Waals surface area (Å²) in [6.07, 6.45) is 1.15. The van der Waals surface area contributed by atoms with Gasteiger partial charge < -0.3 is 19.4 Å². The first-order valence-electron chi connectivity index (χ1n) is 10.6. The van der Waals surface area contributed by atoms with E-state index in [-0.39, 0.29) is 12.3 Å². The van der Waals surface area contributed by atoms with Crippen molar-refractivity contribution in [2.24, 2.45) is 0 Å². The van der Waals surface area contributed by atoms with Crippen LogP contribution in [0.25, 0.3) is 0 Å². The number of hydrogen-bond acceptors (Lipinski definition) is 4. The number of carbonyl (C=O) groups is 1. The van der Waals surface area contributed by atoms with Crippen LogP contribution in [0.15, 0.2) is 48.5 Å². The second kappa shape index (κ2) is 9.23. The lowest BCUT2D eigenvalue weighted by molar-refractivity contribution is -0.120. The monoisotopic (exact) mass is 409 g/mol. The van der Waals surface area contributed by atoms with Crippen LogP contribution in [0.4, 0.5) is 0 Å². The number of rotatable bonds is 8. The topological polar surface area (TPSA) is 56.8 Å². The molecule has 160 valence electrons. The van der Waals surface area contributed by atoms with E-state index in [2.05, 4.69) is 5.32 Å². The molecule has 1 N–H and O–H groups in total. The highest BCUT2D eigenvalue weighted by Crippen LogP contribution is 2.36. The number of hydrogen-bond donors (Lipinski definition) is 1. The van der Waals surface area contributed by atoms with E-state index in [9.17, 15) is 4.79 Å². The molecular weight excluding hydrogens is 377 g/mol. The van der Waals surface area contributed by atoms with Crippen molar-refractivity contribution < 1.29 is 18.8 Å². The minimum Gasteiger partial charge on any atom is -0.489 e. The van der Waals surface area contributed by atoms with Crippen molar-refractivity contribution in [1.82, 2.24) is 5.32 Å². The molecule has 2 aromatic rings. The Kier molecular flexibility index (Phi) is 6.89. The molecule has 0 atom stereocenters. The highest BCUT2D eigenvalue weighted by molar-refractivity contribution is 6.62. The number of amides is 1. The lowest BCUT2D eigenvalue weighted by atomic mass is 9.78. The average Bonchev–Trinajstić information content (AvgIpc) is 2.93. The van der Waals surface area contributed by atoms with E-state index in [1.807, 2.05) is 83.1 Å². The summed E-state index contributed by atoms with van der Waals surface area (Å²) >= 11 is 0. The highest BCUT2D eigenvalue weighted by atomic mass is 16.7. The van der Waals surface area contributed by atoms with Crippen molar-refractivity contribution in [2.75, 3.05) is 6.54 Å². The lowest BCUT2D eigenvalue weighted by Gasteiger charge is -2.32. The Morgan fingerprint density at radius 2 is 1.70 bits per heavy atom. The Morgan fingerprint density at radius 3 is 2.33 bits per heavy atom.